The molecule has 1 amide bonds. The molecule has 0 aliphatic heterocycles. The second-order valence-corrected chi connectivity index (χ2v) is 8.03. The SMILES string of the molecule is COc1cc(NC(=O)[C@H](C)CSC)ccc1S(=O)(=O)N(C)C. The fourth-order valence-corrected chi connectivity index (χ4v) is 3.43. The summed E-state index contributed by atoms with van der Waals surface area (Å²) < 4.78 is 30.7. The summed E-state index contributed by atoms with van der Waals surface area (Å²) >= 11 is 1.59. The molecule has 1 atom stereocenters. The van der Waals surface area contributed by atoms with Crippen LogP contribution in [-0.4, -0.2) is 51.8 Å². The number of hydrogen-bond donors (Lipinski definition) is 1. The number of carbonyl (C=O) groups excluding carboxylic acids is 1. The van der Waals surface area contributed by atoms with Crippen molar-refractivity contribution in [3.63, 3.8) is 0 Å². The Bertz CT molecular complexity index is 630. The molecule has 0 fully saturated rings. The van der Waals surface area contributed by atoms with Gasteiger partial charge in [-0.2, -0.15) is 11.8 Å². The highest BCUT2D eigenvalue weighted by molar-refractivity contribution is 7.98. The number of anilines is 1. The van der Waals surface area contributed by atoms with Crippen LogP contribution in [0.3, 0.4) is 0 Å². The molecule has 22 heavy (non-hydrogen) atoms. The molecular formula is C14H22N2O4S2. The van der Waals surface area contributed by atoms with Crippen molar-refractivity contribution in [2.75, 3.05) is 38.5 Å². The van der Waals surface area contributed by atoms with Gasteiger partial charge in [0.2, 0.25) is 15.9 Å². The van der Waals surface area contributed by atoms with E-state index in [9.17, 15) is 13.2 Å². The van der Waals surface area contributed by atoms with Crippen molar-refractivity contribution in [1.29, 1.82) is 0 Å². The van der Waals surface area contributed by atoms with Crippen molar-refractivity contribution in [2.24, 2.45) is 5.92 Å². The molecule has 124 valence electrons. The molecule has 6 nitrogen and oxygen atoms in total. The van der Waals surface area contributed by atoms with Gasteiger partial charge in [-0.15, -0.1) is 0 Å². The third kappa shape index (κ3) is 4.37. The van der Waals surface area contributed by atoms with Gasteiger partial charge >= 0.3 is 0 Å². The van der Waals surface area contributed by atoms with E-state index in [2.05, 4.69) is 5.32 Å². The predicted molar refractivity (Wildman–Crippen MR) is 90.0 cm³/mol. The predicted octanol–water partition coefficient (Wildman–Crippen LogP) is 1.88. The number of ether oxygens (including phenoxy) is 1. The minimum atomic E-state index is -3.60. The summed E-state index contributed by atoms with van der Waals surface area (Å²) in [4.78, 5) is 12.1. The molecule has 0 saturated carbocycles. The quantitative estimate of drug-likeness (QED) is 0.816. The van der Waals surface area contributed by atoms with Gasteiger partial charge in [-0.05, 0) is 18.4 Å². The highest BCUT2D eigenvalue weighted by Crippen LogP contribution is 2.29. The Balaban J connectivity index is 3.06. The van der Waals surface area contributed by atoms with Crippen LogP contribution in [-0.2, 0) is 14.8 Å². The molecule has 0 aromatic heterocycles. The molecule has 0 aliphatic carbocycles. The molecule has 0 spiro atoms. The van der Waals surface area contributed by atoms with Crippen molar-refractivity contribution in [3.05, 3.63) is 18.2 Å². The van der Waals surface area contributed by atoms with Crippen molar-refractivity contribution in [3.8, 4) is 5.75 Å². The summed E-state index contributed by atoms with van der Waals surface area (Å²) in [6.07, 6.45) is 1.94. The zero-order valence-corrected chi connectivity index (χ0v) is 15.0. The van der Waals surface area contributed by atoms with Crippen LogP contribution < -0.4 is 10.1 Å². The highest BCUT2D eigenvalue weighted by atomic mass is 32.2. The van der Waals surface area contributed by atoms with Crippen LogP contribution in [0.4, 0.5) is 5.69 Å². The molecule has 0 saturated heterocycles. The molecule has 1 aromatic rings. The number of methoxy groups -OCH3 is 1. The lowest BCUT2D eigenvalue weighted by atomic mass is 10.2. The van der Waals surface area contributed by atoms with Crippen molar-refractivity contribution >= 4 is 33.4 Å². The molecule has 0 heterocycles. The smallest absolute Gasteiger partial charge is 0.246 e. The maximum atomic E-state index is 12.2. The topological polar surface area (TPSA) is 75.7 Å². The Morgan fingerprint density at radius 2 is 2.05 bits per heavy atom. The van der Waals surface area contributed by atoms with Gasteiger partial charge in [-0.1, -0.05) is 6.92 Å². The zero-order chi connectivity index (χ0) is 16.9. The van der Waals surface area contributed by atoms with Crippen LogP contribution in [0.5, 0.6) is 5.75 Å². The maximum absolute atomic E-state index is 12.2. The third-order valence-corrected chi connectivity index (χ3v) is 5.74. The Morgan fingerprint density at radius 3 is 2.55 bits per heavy atom. The lowest BCUT2D eigenvalue weighted by molar-refractivity contribution is -0.118. The second-order valence-electron chi connectivity index (χ2n) is 5.00. The molecular weight excluding hydrogens is 324 g/mol. The zero-order valence-electron chi connectivity index (χ0n) is 13.4. The fourth-order valence-electron chi connectivity index (χ4n) is 1.75. The summed E-state index contributed by atoms with van der Waals surface area (Å²) in [6, 6.07) is 4.51. The van der Waals surface area contributed by atoms with Gasteiger partial charge in [0, 0.05) is 37.5 Å². The average Bonchev–Trinajstić information content (AvgIpc) is 2.46. The lowest BCUT2D eigenvalue weighted by Crippen LogP contribution is -2.24. The van der Waals surface area contributed by atoms with Crippen molar-refractivity contribution < 1.29 is 17.9 Å². The largest absolute Gasteiger partial charge is 0.495 e. The number of amides is 1. The second kappa shape index (κ2) is 7.85. The van der Waals surface area contributed by atoms with Gasteiger partial charge in [-0.3, -0.25) is 4.79 Å². The first-order valence-corrected chi connectivity index (χ1v) is 9.47. The van der Waals surface area contributed by atoms with Gasteiger partial charge in [0.1, 0.15) is 10.6 Å². The number of carbonyl (C=O) groups is 1. The Morgan fingerprint density at radius 1 is 1.41 bits per heavy atom. The van der Waals surface area contributed by atoms with Crippen LogP contribution in [0.25, 0.3) is 0 Å². The summed E-state index contributed by atoms with van der Waals surface area (Å²) in [7, 11) is 0.703. The minimum Gasteiger partial charge on any atom is -0.495 e. The van der Waals surface area contributed by atoms with E-state index in [-0.39, 0.29) is 22.5 Å². The lowest BCUT2D eigenvalue weighted by Gasteiger charge is -2.16. The summed E-state index contributed by atoms with van der Waals surface area (Å²) in [5, 5.41) is 2.77. The minimum absolute atomic E-state index is 0.0650. The standard InChI is InChI=1S/C14H22N2O4S2/c1-10(9-21-5)14(17)15-11-6-7-13(12(8-11)20-4)22(18,19)16(2)3/h6-8,10H,9H2,1-5H3,(H,15,17)/t10-/m1/s1. The normalized spacial score (nSPS) is 13.0. The first-order valence-electron chi connectivity index (χ1n) is 6.64. The van der Waals surface area contributed by atoms with Gasteiger partial charge in [-0.25, -0.2) is 12.7 Å². The van der Waals surface area contributed by atoms with E-state index in [1.54, 1.807) is 17.8 Å². The van der Waals surface area contributed by atoms with E-state index in [0.29, 0.717) is 5.69 Å². The molecule has 0 bridgehead atoms. The number of benzene rings is 1. The molecule has 0 unspecified atom stereocenters. The van der Waals surface area contributed by atoms with Gasteiger partial charge in [0.05, 0.1) is 7.11 Å². The van der Waals surface area contributed by atoms with Crippen LogP contribution in [0, 0.1) is 5.92 Å². The molecule has 1 aromatic carbocycles. The molecule has 8 heteroatoms. The Hall–Kier alpha value is -1.25. The Labute approximate surface area is 136 Å². The summed E-state index contributed by atoms with van der Waals surface area (Å²) in [6.45, 7) is 1.84. The number of thioether (sulfide) groups is 1. The molecule has 1 rings (SSSR count). The summed E-state index contributed by atoms with van der Waals surface area (Å²) in [5.74, 6) is 0.672. The summed E-state index contributed by atoms with van der Waals surface area (Å²) in [5.41, 5.74) is 0.507. The first kappa shape index (κ1) is 18.8. The molecule has 0 aliphatic rings. The first-order chi connectivity index (χ1) is 10.2. The van der Waals surface area contributed by atoms with Gasteiger partial charge in [0.25, 0.3) is 0 Å². The van der Waals surface area contributed by atoms with Gasteiger partial charge in [0.15, 0.2) is 0 Å². The maximum Gasteiger partial charge on any atom is 0.246 e. The van der Waals surface area contributed by atoms with E-state index < -0.39 is 10.0 Å². The number of nitrogens with one attached hydrogen (secondary N) is 1. The Kier molecular flexibility index (Phi) is 6.70. The number of hydrogen-bond acceptors (Lipinski definition) is 5. The van der Waals surface area contributed by atoms with E-state index in [0.717, 1.165) is 10.1 Å². The molecule has 0 radical (unpaired) electrons. The third-order valence-electron chi connectivity index (χ3n) is 3.05. The van der Waals surface area contributed by atoms with E-state index in [1.165, 1.54) is 33.3 Å². The van der Waals surface area contributed by atoms with Crippen LogP contribution in [0.2, 0.25) is 0 Å². The fraction of sp³-hybridized carbons (Fsp3) is 0.500. The number of nitrogens with zero attached hydrogens (tertiary/aromatic N) is 1. The average molecular weight is 346 g/mol. The van der Waals surface area contributed by atoms with E-state index in [4.69, 9.17) is 4.74 Å². The highest BCUT2D eigenvalue weighted by Gasteiger charge is 2.22. The van der Waals surface area contributed by atoms with Crippen molar-refractivity contribution in [1.82, 2.24) is 4.31 Å². The van der Waals surface area contributed by atoms with Crippen LogP contribution in [0.15, 0.2) is 23.1 Å². The molecule has 1 N–H and O–H groups in total. The van der Waals surface area contributed by atoms with E-state index in [1.807, 2.05) is 13.2 Å². The van der Waals surface area contributed by atoms with Crippen LogP contribution in [0.1, 0.15) is 6.92 Å². The monoisotopic (exact) mass is 346 g/mol. The van der Waals surface area contributed by atoms with Crippen LogP contribution >= 0.6 is 11.8 Å². The van der Waals surface area contributed by atoms with Gasteiger partial charge < -0.3 is 10.1 Å². The number of sulfonamides is 1. The van der Waals surface area contributed by atoms with E-state index >= 15 is 0 Å². The number of rotatable bonds is 7. The van der Waals surface area contributed by atoms with Crippen molar-refractivity contribution in [2.45, 2.75) is 11.8 Å².